The standard InChI is InChI=1S/C23H17NO5/c25-22(20-12-10-19(11-13-20)18-6-2-1-3-7-18)16-29-23(26)14-9-17-5-4-8-21(15-17)24(27)28/h1-15H,16H2/b14-9+. The third-order valence-corrected chi connectivity index (χ3v) is 4.15. The zero-order valence-corrected chi connectivity index (χ0v) is 15.4. The molecule has 0 heterocycles. The lowest BCUT2D eigenvalue weighted by molar-refractivity contribution is -0.384. The summed E-state index contributed by atoms with van der Waals surface area (Å²) in [7, 11) is 0. The molecule has 0 saturated heterocycles. The number of carbonyl (C=O) groups is 2. The van der Waals surface area contributed by atoms with Gasteiger partial charge in [-0.05, 0) is 22.8 Å². The van der Waals surface area contributed by atoms with Crippen LogP contribution in [0.5, 0.6) is 0 Å². The number of nitrogens with zero attached hydrogens (tertiary/aromatic N) is 1. The van der Waals surface area contributed by atoms with Gasteiger partial charge in [0.2, 0.25) is 0 Å². The van der Waals surface area contributed by atoms with Crippen LogP contribution < -0.4 is 0 Å². The van der Waals surface area contributed by atoms with E-state index in [1.165, 1.54) is 24.3 Å². The number of esters is 1. The van der Waals surface area contributed by atoms with Crippen LogP contribution in [0.15, 0.2) is 84.9 Å². The van der Waals surface area contributed by atoms with Crippen LogP contribution in [0.2, 0.25) is 0 Å². The molecule has 0 bridgehead atoms. The van der Waals surface area contributed by atoms with E-state index in [4.69, 9.17) is 4.74 Å². The minimum atomic E-state index is -0.703. The lowest BCUT2D eigenvalue weighted by atomic mass is 10.0. The molecule has 0 N–H and O–H groups in total. The zero-order chi connectivity index (χ0) is 20.6. The van der Waals surface area contributed by atoms with Gasteiger partial charge in [-0.3, -0.25) is 14.9 Å². The Morgan fingerprint density at radius 2 is 1.59 bits per heavy atom. The van der Waals surface area contributed by atoms with E-state index in [-0.39, 0.29) is 18.1 Å². The summed E-state index contributed by atoms with van der Waals surface area (Å²) in [6.45, 7) is -0.386. The van der Waals surface area contributed by atoms with Gasteiger partial charge in [-0.15, -0.1) is 0 Å². The van der Waals surface area contributed by atoms with E-state index in [1.54, 1.807) is 18.2 Å². The van der Waals surface area contributed by atoms with Crippen LogP contribution in [0.3, 0.4) is 0 Å². The molecule has 0 amide bonds. The molecule has 0 aliphatic carbocycles. The number of hydrogen-bond acceptors (Lipinski definition) is 5. The maximum atomic E-state index is 12.2. The number of nitro groups is 1. The molecule has 0 aromatic heterocycles. The largest absolute Gasteiger partial charge is 0.454 e. The Morgan fingerprint density at radius 3 is 2.28 bits per heavy atom. The highest BCUT2D eigenvalue weighted by Gasteiger charge is 2.09. The topological polar surface area (TPSA) is 86.5 Å². The summed E-state index contributed by atoms with van der Waals surface area (Å²) in [5.41, 5.74) is 2.89. The second-order valence-electron chi connectivity index (χ2n) is 6.16. The fourth-order valence-electron chi connectivity index (χ4n) is 2.65. The van der Waals surface area contributed by atoms with E-state index in [1.807, 2.05) is 42.5 Å². The molecule has 3 rings (SSSR count). The van der Waals surface area contributed by atoms with E-state index in [0.29, 0.717) is 11.1 Å². The molecule has 3 aromatic rings. The van der Waals surface area contributed by atoms with Gasteiger partial charge < -0.3 is 4.74 Å². The van der Waals surface area contributed by atoms with E-state index in [9.17, 15) is 19.7 Å². The van der Waals surface area contributed by atoms with Gasteiger partial charge in [0.15, 0.2) is 12.4 Å². The number of hydrogen-bond donors (Lipinski definition) is 0. The van der Waals surface area contributed by atoms with Crippen LogP contribution in [0.1, 0.15) is 15.9 Å². The molecule has 6 heteroatoms. The number of Topliss-reactive ketones (excluding diaryl/α,β-unsaturated/α-hetero) is 1. The van der Waals surface area contributed by atoms with Gasteiger partial charge in [0.1, 0.15) is 0 Å². The maximum absolute atomic E-state index is 12.2. The third-order valence-electron chi connectivity index (χ3n) is 4.15. The number of nitro benzene ring substituents is 1. The quantitative estimate of drug-likeness (QED) is 0.193. The van der Waals surface area contributed by atoms with Crippen LogP contribution in [-0.4, -0.2) is 23.3 Å². The molecular formula is C23H17NO5. The molecule has 0 radical (unpaired) electrons. The minimum Gasteiger partial charge on any atom is -0.454 e. The average Bonchev–Trinajstić information content (AvgIpc) is 2.77. The Hall–Kier alpha value is -4.06. The van der Waals surface area contributed by atoms with Gasteiger partial charge in [0.05, 0.1) is 4.92 Å². The van der Waals surface area contributed by atoms with Gasteiger partial charge in [0.25, 0.3) is 5.69 Å². The van der Waals surface area contributed by atoms with Crippen molar-refractivity contribution in [2.45, 2.75) is 0 Å². The normalized spacial score (nSPS) is 10.6. The molecule has 144 valence electrons. The number of ether oxygens (including phenoxy) is 1. The average molecular weight is 387 g/mol. The lowest BCUT2D eigenvalue weighted by Crippen LogP contribution is -2.12. The van der Waals surface area contributed by atoms with Crippen LogP contribution in [0, 0.1) is 10.1 Å². The van der Waals surface area contributed by atoms with Crippen molar-refractivity contribution in [2.75, 3.05) is 6.61 Å². The molecule has 0 spiro atoms. The van der Waals surface area contributed by atoms with Gasteiger partial charge in [-0.1, -0.05) is 66.7 Å². The van der Waals surface area contributed by atoms with Crippen LogP contribution in [0.4, 0.5) is 5.69 Å². The number of non-ortho nitro benzene ring substituents is 1. The van der Waals surface area contributed by atoms with Gasteiger partial charge in [0, 0.05) is 23.8 Å². The summed E-state index contributed by atoms with van der Waals surface area (Å²) in [5.74, 6) is -1.02. The smallest absolute Gasteiger partial charge is 0.331 e. The summed E-state index contributed by atoms with van der Waals surface area (Å²) in [5, 5.41) is 10.8. The van der Waals surface area contributed by atoms with Crippen LogP contribution >= 0.6 is 0 Å². The van der Waals surface area contributed by atoms with E-state index in [2.05, 4.69) is 0 Å². The molecule has 0 saturated carbocycles. The highest BCUT2D eigenvalue weighted by Crippen LogP contribution is 2.19. The van der Waals surface area contributed by atoms with Crippen LogP contribution in [0.25, 0.3) is 17.2 Å². The highest BCUT2D eigenvalue weighted by molar-refractivity contribution is 5.99. The van der Waals surface area contributed by atoms with Crippen molar-refractivity contribution in [1.29, 1.82) is 0 Å². The first-order valence-electron chi connectivity index (χ1n) is 8.81. The third kappa shape index (κ3) is 5.46. The fourth-order valence-corrected chi connectivity index (χ4v) is 2.65. The number of carbonyl (C=O) groups excluding carboxylic acids is 2. The second kappa shape index (κ2) is 9.23. The summed E-state index contributed by atoms with van der Waals surface area (Å²) < 4.78 is 4.96. The van der Waals surface area contributed by atoms with Crippen molar-refractivity contribution in [3.63, 3.8) is 0 Å². The minimum absolute atomic E-state index is 0.0744. The Labute approximate surface area is 167 Å². The monoisotopic (exact) mass is 387 g/mol. The van der Waals surface area contributed by atoms with Crippen molar-refractivity contribution < 1.29 is 19.2 Å². The van der Waals surface area contributed by atoms with E-state index < -0.39 is 10.9 Å². The van der Waals surface area contributed by atoms with E-state index in [0.717, 1.165) is 17.2 Å². The second-order valence-corrected chi connectivity index (χ2v) is 6.16. The molecule has 0 fully saturated rings. The lowest BCUT2D eigenvalue weighted by Gasteiger charge is -2.04. The first-order chi connectivity index (χ1) is 14.0. The fraction of sp³-hybridized carbons (Fsp3) is 0.0435. The van der Waals surface area contributed by atoms with Crippen molar-refractivity contribution in [1.82, 2.24) is 0 Å². The Kier molecular flexibility index (Phi) is 6.27. The summed E-state index contributed by atoms with van der Waals surface area (Å²) in [6.07, 6.45) is 2.53. The first-order valence-corrected chi connectivity index (χ1v) is 8.81. The Balaban J connectivity index is 1.55. The number of rotatable bonds is 7. The van der Waals surface area contributed by atoms with Gasteiger partial charge in [-0.25, -0.2) is 4.79 Å². The SMILES string of the molecule is O=C(/C=C/c1cccc([N+](=O)[O-])c1)OCC(=O)c1ccc(-c2ccccc2)cc1. The molecule has 6 nitrogen and oxygen atoms in total. The first kappa shape index (κ1) is 19.7. The van der Waals surface area contributed by atoms with Crippen LogP contribution in [-0.2, 0) is 9.53 Å². The molecular weight excluding hydrogens is 370 g/mol. The predicted octanol–water partition coefficient (Wildman–Crippen LogP) is 4.70. The molecule has 0 aliphatic heterocycles. The summed E-state index contributed by atoms with van der Waals surface area (Å²) in [4.78, 5) is 34.3. The van der Waals surface area contributed by atoms with Crippen molar-refractivity contribution in [2.24, 2.45) is 0 Å². The highest BCUT2D eigenvalue weighted by atomic mass is 16.6. The Bertz CT molecular complexity index is 1060. The molecule has 29 heavy (non-hydrogen) atoms. The Morgan fingerprint density at radius 1 is 0.897 bits per heavy atom. The number of benzene rings is 3. The van der Waals surface area contributed by atoms with E-state index >= 15 is 0 Å². The molecule has 0 unspecified atom stereocenters. The van der Waals surface area contributed by atoms with Gasteiger partial charge in [-0.2, -0.15) is 0 Å². The maximum Gasteiger partial charge on any atom is 0.331 e. The summed E-state index contributed by atoms with van der Waals surface area (Å²) >= 11 is 0. The van der Waals surface area contributed by atoms with Gasteiger partial charge >= 0.3 is 5.97 Å². The van der Waals surface area contributed by atoms with Crippen molar-refractivity contribution in [3.05, 3.63) is 106 Å². The molecule has 3 aromatic carbocycles. The van der Waals surface area contributed by atoms with Crippen molar-refractivity contribution in [3.8, 4) is 11.1 Å². The van der Waals surface area contributed by atoms with Crippen molar-refractivity contribution >= 4 is 23.5 Å². The molecule has 0 atom stereocenters. The molecule has 0 aliphatic rings. The zero-order valence-electron chi connectivity index (χ0n) is 15.4. The summed E-state index contributed by atoms with van der Waals surface area (Å²) in [6, 6.07) is 22.7. The predicted molar refractivity (Wildman–Crippen MR) is 109 cm³/mol. The number of ketones is 1.